The maximum atomic E-state index is 12.5. The van der Waals surface area contributed by atoms with E-state index in [4.69, 9.17) is 44.3 Å². The molecule has 1 N–H and O–H groups in total. The van der Waals surface area contributed by atoms with Crippen LogP contribution in [0.2, 0.25) is 15.1 Å². The van der Waals surface area contributed by atoms with E-state index in [-0.39, 0.29) is 12.5 Å². The molecule has 2 aromatic carbocycles. The van der Waals surface area contributed by atoms with Crippen molar-refractivity contribution in [2.45, 2.75) is 20.4 Å². The van der Waals surface area contributed by atoms with Gasteiger partial charge in [0.05, 0.1) is 36.0 Å². The minimum absolute atomic E-state index is 0.182. The molecule has 5 nitrogen and oxygen atoms in total. The molecule has 2 aromatic rings. The van der Waals surface area contributed by atoms with Crippen molar-refractivity contribution in [2.24, 2.45) is 0 Å². The fourth-order valence-corrected chi connectivity index (χ4v) is 3.58. The maximum absolute atomic E-state index is 12.5. The Balaban J connectivity index is 2.05. The lowest BCUT2D eigenvalue weighted by atomic mass is 10.2. The van der Waals surface area contributed by atoms with Gasteiger partial charge < -0.3 is 14.8 Å². The summed E-state index contributed by atoms with van der Waals surface area (Å²) in [6.45, 7) is 5.92. The highest BCUT2D eigenvalue weighted by atomic mass is 35.5. The molecule has 0 spiro atoms. The molecule has 0 atom stereocenters. The van der Waals surface area contributed by atoms with Crippen molar-refractivity contribution in [1.82, 2.24) is 4.90 Å². The first-order valence-corrected chi connectivity index (χ1v) is 9.97. The first kappa shape index (κ1) is 22.6. The van der Waals surface area contributed by atoms with Gasteiger partial charge in [-0.3, -0.25) is 9.69 Å². The molecule has 0 aromatic heterocycles. The van der Waals surface area contributed by atoms with Crippen molar-refractivity contribution >= 4 is 46.4 Å². The molecule has 0 aliphatic rings. The van der Waals surface area contributed by atoms with Crippen molar-refractivity contribution in [3.63, 3.8) is 0 Å². The van der Waals surface area contributed by atoms with E-state index in [1.807, 2.05) is 36.9 Å². The van der Waals surface area contributed by atoms with Gasteiger partial charge in [-0.1, -0.05) is 47.8 Å². The quantitative estimate of drug-likeness (QED) is 0.552. The number of amides is 1. The number of methoxy groups -OCH3 is 1. The van der Waals surface area contributed by atoms with Gasteiger partial charge in [-0.2, -0.15) is 0 Å². The second-order valence-electron chi connectivity index (χ2n) is 6.01. The van der Waals surface area contributed by atoms with Crippen molar-refractivity contribution in [3.05, 3.63) is 51.0 Å². The molecular formula is C20H23Cl3N2O3. The number of hydrogen-bond acceptors (Lipinski definition) is 4. The Morgan fingerprint density at radius 1 is 1.07 bits per heavy atom. The third-order valence-corrected chi connectivity index (χ3v) is 4.83. The molecular weight excluding hydrogens is 423 g/mol. The zero-order valence-corrected chi connectivity index (χ0v) is 18.3. The number of nitrogens with zero attached hydrogens (tertiary/aromatic N) is 1. The van der Waals surface area contributed by atoms with Crippen molar-refractivity contribution in [3.8, 4) is 11.5 Å². The van der Waals surface area contributed by atoms with E-state index in [0.29, 0.717) is 52.0 Å². The third-order valence-electron chi connectivity index (χ3n) is 4.02. The van der Waals surface area contributed by atoms with E-state index in [0.717, 1.165) is 5.56 Å². The van der Waals surface area contributed by atoms with Gasteiger partial charge in [0.2, 0.25) is 5.91 Å². The third kappa shape index (κ3) is 6.17. The maximum Gasteiger partial charge on any atom is 0.238 e. The smallest absolute Gasteiger partial charge is 0.238 e. The summed E-state index contributed by atoms with van der Waals surface area (Å²) in [5.41, 5.74) is 1.37. The van der Waals surface area contributed by atoms with Gasteiger partial charge in [0.25, 0.3) is 0 Å². The predicted molar refractivity (Wildman–Crippen MR) is 115 cm³/mol. The highest BCUT2D eigenvalue weighted by molar-refractivity contribution is 6.42. The number of carbonyl (C=O) groups excluding carboxylic acids is 1. The Hall–Kier alpha value is -1.66. The van der Waals surface area contributed by atoms with E-state index in [1.165, 1.54) is 12.1 Å². The van der Waals surface area contributed by atoms with Crippen LogP contribution in [0.15, 0.2) is 30.3 Å². The summed E-state index contributed by atoms with van der Waals surface area (Å²) in [6.07, 6.45) is 0. The standard InChI is InChI=1S/C20H23Cl3N2O3/c1-4-25(11-13-6-7-17(28-5-2)18(8-13)27-3)12-19(26)24-20-15(22)9-14(21)10-16(20)23/h6-10H,4-5,11-12H2,1-3H3,(H,24,26). The Bertz CT molecular complexity index is 807. The Labute approximate surface area is 180 Å². The van der Waals surface area contributed by atoms with Gasteiger partial charge in [-0.05, 0) is 43.3 Å². The molecule has 8 heteroatoms. The highest BCUT2D eigenvalue weighted by Gasteiger charge is 2.15. The molecule has 1 amide bonds. The van der Waals surface area contributed by atoms with Crippen LogP contribution in [0, 0.1) is 0 Å². The van der Waals surface area contributed by atoms with E-state index in [2.05, 4.69) is 5.32 Å². The molecule has 0 fully saturated rings. The van der Waals surface area contributed by atoms with Crippen LogP contribution in [-0.4, -0.2) is 37.6 Å². The second kappa shape index (κ2) is 10.8. The van der Waals surface area contributed by atoms with Crippen molar-refractivity contribution < 1.29 is 14.3 Å². The first-order valence-electron chi connectivity index (χ1n) is 8.84. The lowest BCUT2D eigenvalue weighted by molar-refractivity contribution is -0.117. The number of benzene rings is 2. The molecule has 0 aliphatic carbocycles. The van der Waals surface area contributed by atoms with E-state index in [1.54, 1.807) is 7.11 Å². The molecule has 0 unspecified atom stereocenters. The van der Waals surface area contributed by atoms with Crippen LogP contribution >= 0.6 is 34.8 Å². The monoisotopic (exact) mass is 444 g/mol. The SMILES string of the molecule is CCOc1ccc(CN(CC)CC(=O)Nc2c(Cl)cc(Cl)cc2Cl)cc1OC. The number of likely N-dealkylation sites (N-methyl/N-ethyl adjacent to an activating group) is 1. The predicted octanol–water partition coefficient (Wildman–Crippen LogP) is 5.51. The van der Waals surface area contributed by atoms with E-state index >= 15 is 0 Å². The molecule has 0 saturated carbocycles. The minimum Gasteiger partial charge on any atom is -0.493 e. The number of nitrogens with one attached hydrogen (secondary N) is 1. The summed E-state index contributed by atoms with van der Waals surface area (Å²) in [6, 6.07) is 8.82. The summed E-state index contributed by atoms with van der Waals surface area (Å²) in [7, 11) is 1.60. The van der Waals surface area contributed by atoms with Crippen LogP contribution in [0.25, 0.3) is 0 Å². The summed E-state index contributed by atoms with van der Waals surface area (Å²) in [5, 5.41) is 3.76. The van der Waals surface area contributed by atoms with Gasteiger partial charge in [0, 0.05) is 11.6 Å². The largest absolute Gasteiger partial charge is 0.493 e. The summed E-state index contributed by atoms with van der Waals surface area (Å²) >= 11 is 18.2. The summed E-state index contributed by atoms with van der Waals surface area (Å²) < 4.78 is 10.9. The molecule has 0 aliphatic heterocycles. The van der Waals surface area contributed by atoms with Crippen molar-refractivity contribution in [2.75, 3.05) is 32.1 Å². The van der Waals surface area contributed by atoms with Gasteiger partial charge in [0.15, 0.2) is 11.5 Å². The van der Waals surface area contributed by atoms with Crippen LogP contribution in [0.3, 0.4) is 0 Å². The molecule has 0 radical (unpaired) electrons. The fraction of sp³-hybridized carbons (Fsp3) is 0.350. The first-order chi connectivity index (χ1) is 13.4. The number of rotatable bonds is 9. The van der Waals surface area contributed by atoms with Gasteiger partial charge >= 0.3 is 0 Å². The van der Waals surface area contributed by atoms with Crippen LogP contribution < -0.4 is 14.8 Å². The normalized spacial score (nSPS) is 10.8. The van der Waals surface area contributed by atoms with Gasteiger partial charge in [0.1, 0.15) is 0 Å². The molecule has 2 rings (SSSR count). The van der Waals surface area contributed by atoms with E-state index < -0.39 is 0 Å². The van der Waals surface area contributed by atoms with Gasteiger partial charge in [-0.25, -0.2) is 0 Å². The van der Waals surface area contributed by atoms with Crippen LogP contribution in [0.1, 0.15) is 19.4 Å². The number of hydrogen-bond donors (Lipinski definition) is 1. The zero-order chi connectivity index (χ0) is 20.7. The number of halogens is 3. The minimum atomic E-state index is -0.217. The lowest BCUT2D eigenvalue weighted by Crippen LogP contribution is -2.32. The second-order valence-corrected chi connectivity index (χ2v) is 7.26. The molecule has 0 saturated heterocycles. The average Bonchev–Trinajstić information content (AvgIpc) is 2.65. The number of anilines is 1. The number of carbonyl (C=O) groups is 1. The molecule has 0 bridgehead atoms. The van der Waals surface area contributed by atoms with E-state index in [9.17, 15) is 4.79 Å². The van der Waals surface area contributed by atoms with Crippen LogP contribution in [0.5, 0.6) is 11.5 Å². The average molecular weight is 446 g/mol. The fourth-order valence-electron chi connectivity index (χ4n) is 2.67. The van der Waals surface area contributed by atoms with Crippen LogP contribution in [0.4, 0.5) is 5.69 Å². The Morgan fingerprint density at radius 3 is 2.32 bits per heavy atom. The molecule has 0 heterocycles. The van der Waals surface area contributed by atoms with Gasteiger partial charge in [-0.15, -0.1) is 0 Å². The Morgan fingerprint density at radius 2 is 1.75 bits per heavy atom. The molecule has 152 valence electrons. The topological polar surface area (TPSA) is 50.8 Å². The summed E-state index contributed by atoms with van der Waals surface area (Å²) in [5.74, 6) is 1.15. The highest BCUT2D eigenvalue weighted by Crippen LogP contribution is 2.33. The van der Waals surface area contributed by atoms with Crippen LogP contribution in [-0.2, 0) is 11.3 Å². The lowest BCUT2D eigenvalue weighted by Gasteiger charge is -2.21. The zero-order valence-electron chi connectivity index (χ0n) is 16.0. The Kier molecular flexibility index (Phi) is 8.70. The number of ether oxygens (including phenoxy) is 2. The van der Waals surface area contributed by atoms with Crippen molar-refractivity contribution in [1.29, 1.82) is 0 Å². The molecule has 28 heavy (non-hydrogen) atoms. The summed E-state index contributed by atoms with van der Waals surface area (Å²) in [4.78, 5) is 14.5.